The van der Waals surface area contributed by atoms with E-state index in [-0.39, 0.29) is 23.8 Å². The van der Waals surface area contributed by atoms with E-state index in [0.717, 1.165) is 24.1 Å². The summed E-state index contributed by atoms with van der Waals surface area (Å²) in [6, 6.07) is 11.2. The number of amides is 3. The molecule has 1 aliphatic heterocycles. The van der Waals surface area contributed by atoms with E-state index < -0.39 is 5.41 Å². The topological polar surface area (TPSA) is 78.5 Å². The molecule has 1 aromatic heterocycles. The van der Waals surface area contributed by atoms with Gasteiger partial charge in [-0.05, 0) is 30.5 Å². The largest absolute Gasteiger partial charge is 0.343 e. The first-order valence-electron chi connectivity index (χ1n) is 10.2. The summed E-state index contributed by atoms with van der Waals surface area (Å²) in [6.07, 6.45) is 1.42. The number of thiophene rings is 1. The number of rotatable bonds is 6. The molecule has 1 saturated heterocycles. The molecular weight excluding hydrogens is 398 g/mol. The molecule has 1 atom stereocenters. The molecule has 160 valence electrons. The maximum absolute atomic E-state index is 13.1. The molecule has 1 fully saturated rings. The SMILES string of the molecule is Cc1cc(NC(=O)C(C)(C)C)sc1C(=O)N[C@H](CN1CCCC1=O)c1ccccc1. The highest BCUT2D eigenvalue weighted by Crippen LogP contribution is 2.29. The molecule has 2 N–H and O–H groups in total. The van der Waals surface area contributed by atoms with Crippen molar-refractivity contribution in [2.75, 3.05) is 18.4 Å². The lowest BCUT2D eigenvalue weighted by Crippen LogP contribution is -2.38. The second kappa shape index (κ2) is 9.00. The number of aryl methyl sites for hydroxylation is 1. The van der Waals surface area contributed by atoms with E-state index in [0.29, 0.717) is 22.8 Å². The lowest BCUT2D eigenvalue weighted by Gasteiger charge is -2.25. The Labute approximate surface area is 181 Å². The second-order valence-corrected chi connectivity index (χ2v) is 9.76. The minimum absolute atomic E-state index is 0.0922. The van der Waals surface area contributed by atoms with Gasteiger partial charge in [-0.15, -0.1) is 11.3 Å². The van der Waals surface area contributed by atoms with Crippen LogP contribution in [0.15, 0.2) is 36.4 Å². The van der Waals surface area contributed by atoms with Crippen LogP contribution < -0.4 is 10.6 Å². The average Bonchev–Trinajstić information content (AvgIpc) is 3.26. The van der Waals surface area contributed by atoms with E-state index >= 15 is 0 Å². The standard InChI is InChI=1S/C23H29N3O3S/c1-15-13-18(25-22(29)23(2,3)4)30-20(15)21(28)24-17(16-9-6-5-7-10-16)14-26-12-8-11-19(26)27/h5-7,9-10,13,17H,8,11-12,14H2,1-4H3,(H,24,28)(H,25,29)/t17-/m1/s1. The molecule has 2 heterocycles. The summed E-state index contributed by atoms with van der Waals surface area (Å²) in [4.78, 5) is 39.8. The Bertz CT molecular complexity index is 931. The number of likely N-dealkylation sites (tertiary alicyclic amines) is 1. The van der Waals surface area contributed by atoms with E-state index in [1.54, 1.807) is 0 Å². The lowest BCUT2D eigenvalue weighted by atomic mass is 9.96. The van der Waals surface area contributed by atoms with Crippen molar-refractivity contribution in [2.24, 2.45) is 5.41 Å². The molecule has 6 nitrogen and oxygen atoms in total. The highest BCUT2D eigenvalue weighted by Gasteiger charge is 2.27. The average molecular weight is 428 g/mol. The molecule has 2 aromatic rings. The van der Waals surface area contributed by atoms with Crippen LogP contribution in [0.2, 0.25) is 0 Å². The molecule has 0 aliphatic carbocycles. The summed E-state index contributed by atoms with van der Waals surface area (Å²) < 4.78 is 0. The van der Waals surface area contributed by atoms with Crippen LogP contribution in [0.25, 0.3) is 0 Å². The van der Waals surface area contributed by atoms with Gasteiger partial charge in [-0.25, -0.2) is 0 Å². The highest BCUT2D eigenvalue weighted by atomic mass is 32.1. The van der Waals surface area contributed by atoms with Crippen molar-refractivity contribution in [2.45, 2.75) is 46.6 Å². The number of hydrogen-bond acceptors (Lipinski definition) is 4. The van der Waals surface area contributed by atoms with Crippen LogP contribution in [0.4, 0.5) is 5.00 Å². The van der Waals surface area contributed by atoms with Crippen LogP contribution in [-0.4, -0.2) is 35.7 Å². The van der Waals surface area contributed by atoms with Crippen molar-refractivity contribution in [3.63, 3.8) is 0 Å². The molecule has 7 heteroatoms. The van der Waals surface area contributed by atoms with E-state index in [1.165, 1.54) is 11.3 Å². The van der Waals surface area contributed by atoms with Crippen LogP contribution in [0.3, 0.4) is 0 Å². The molecular formula is C23H29N3O3S. The van der Waals surface area contributed by atoms with Gasteiger partial charge in [-0.1, -0.05) is 51.1 Å². The van der Waals surface area contributed by atoms with Crippen molar-refractivity contribution in [1.82, 2.24) is 10.2 Å². The lowest BCUT2D eigenvalue weighted by molar-refractivity contribution is -0.128. The van der Waals surface area contributed by atoms with Crippen molar-refractivity contribution in [3.05, 3.63) is 52.4 Å². The van der Waals surface area contributed by atoms with Gasteiger partial charge in [-0.2, -0.15) is 0 Å². The number of nitrogens with zero attached hydrogens (tertiary/aromatic N) is 1. The Morgan fingerprint density at radius 2 is 1.90 bits per heavy atom. The fourth-order valence-electron chi connectivity index (χ4n) is 3.33. The first-order chi connectivity index (χ1) is 14.1. The van der Waals surface area contributed by atoms with Gasteiger partial charge in [0, 0.05) is 24.9 Å². The molecule has 0 spiro atoms. The van der Waals surface area contributed by atoms with Crippen LogP contribution >= 0.6 is 11.3 Å². The van der Waals surface area contributed by atoms with Crippen LogP contribution in [0.1, 0.15) is 60.5 Å². The van der Waals surface area contributed by atoms with Crippen molar-refractivity contribution in [1.29, 1.82) is 0 Å². The van der Waals surface area contributed by atoms with Crippen LogP contribution in [0, 0.1) is 12.3 Å². The Morgan fingerprint density at radius 1 is 1.20 bits per heavy atom. The smallest absolute Gasteiger partial charge is 0.262 e. The maximum atomic E-state index is 13.1. The minimum Gasteiger partial charge on any atom is -0.343 e. The quantitative estimate of drug-likeness (QED) is 0.727. The van der Waals surface area contributed by atoms with E-state index in [9.17, 15) is 14.4 Å². The predicted molar refractivity (Wildman–Crippen MR) is 120 cm³/mol. The van der Waals surface area contributed by atoms with Gasteiger partial charge in [0.2, 0.25) is 11.8 Å². The van der Waals surface area contributed by atoms with Crippen molar-refractivity contribution < 1.29 is 14.4 Å². The molecule has 1 aromatic carbocycles. The minimum atomic E-state index is -0.513. The van der Waals surface area contributed by atoms with Crippen LogP contribution in [-0.2, 0) is 9.59 Å². The number of carbonyl (C=O) groups is 3. The number of carbonyl (C=O) groups excluding carboxylic acids is 3. The van der Waals surface area contributed by atoms with Gasteiger partial charge in [0.1, 0.15) is 0 Å². The zero-order chi connectivity index (χ0) is 21.9. The fraction of sp³-hybridized carbons (Fsp3) is 0.435. The summed E-state index contributed by atoms with van der Waals surface area (Å²) in [5.41, 5.74) is 1.26. The monoisotopic (exact) mass is 427 g/mol. The summed E-state index contributed by atoms with van der Waals surface area (Å²) >= 11 is 1.27. The molecule has 0 bridgehead atoms. The summed E-state index contributed by atoms with van der Waals surface area (Å²) in [6.45, 7) is 8.58. The zero-order valence-corrected chi connectivity index (χ0v) is 18.8. The van der Waals surface area contributed by atoms with E-state index in [2.05, 4.69) is 10.6 Å². The molecule has 30 heavy (non-hydrogen) atoms. The number of hydrogen-bond donors (Lipinski definition) is 2. The van der Waals surface area contributed by atoms with E-state index in [4.69, 9.17) is 0 Å². The fourth-order valence-corrected chi connectivity index (χ4v) is 4.30. The Hall–Kier alpha value is -2.67. The maximum Gasteiger partial charge on any atom is 0.262 e. The second-order valence-electron chi connectivity index (χ2n) is 8.71. The molecule has 0 unspecified atom stereocenters. The molecule has 3 rings (SSSR count). The number of anilines is 1. The highest BCUT2D eigenvalue weighted by molar-refractivity contribution is 7.18. The Kier molecular flexibility index (Phi) is 6.61. The third-order valence-electron chi connectivity index (χ3n) is 5.12. The summed E-state index contributed by atoms with van der Waals surface area (Å²) in [5, 5.41) is 6.65. The van der Waals surface area contributed by atoms with Crippen LogP contribution in [0.5, 0.6) is 0 Å². The van der Waals surface area contributed by atoms with Gasteiger partial charge in [0.15, 0.2) is 0 Å². The van der Waals surface area contributed by atoms with E-state index in [1.807, 2.05) is 69.0 Å². The Morgan fingerprint density at radius 3 is 2.50 bits per heavy atom. The third kappa shape index (κ3) is 5.27. The summed E-state index contributed by atoms with van der Waals surface area (Å²) in [5.74, 6) is -0.163. The number of benzene rings is 1. The zero-order valence-electron chi connectivity index (χ0n) is 18.0. The molecule has 0 radical (unpaired) electrons. The third-order valence-corrected chi connectivity index (χ3v) is 6.27. The number of nitrogens with one attached hydrogen (secondary N) is 2. The molecule has 0 saturated carbocycles. The first-order valence-corrected chi connectivity index (χ1v) is 11.0. The van der Waals surface area contributed by atoms with Crippen molar-refractivity contribution >= 4 is 34.1 Å². The van der Waals surface area contributed by atoms with Gasteiger partial charge in [-0.3, -0.25) is 14.4 Å². The molecule has 3 amide bonds. The first kappa shape index (κ1) is 22.0. The predicted octanol–water partition coefficient (Wildman–Crippen LogP) is 4.13. The normalized spacial score (nSPS) is 15.2. The van der Waals surface area contributed by atoms with Gasteiger partial charge < -0.3 is 15.5 Å². The van der Waals surface area contributed by atoms with Crippen molar-refractivity contribution in [3.8, 4) is 0 Å². The summed E-state index contributed by atoms with van der Waals surface area (Å²) in [7, 11) is 0. The Balaban J connectivity index is 1.77. The van der Waals surface area contributed by atoms with Gasteiger partial charge in [0.05, 0.1) is 15.9 Å². The van der Waals surface area contributed by atoms with Gasteiger partial charge >= 0.3 is 0 Å². The van der Waals surface area contributed by atoms with Gasteiger partial charge in [0.25, 0.3) is 5.91 Å². The molecule has 1 aliphatic rings.